The molecule has 21 heavy (non-hydrogen) atoms. The van der Waals surface area contributed by atoms with Gasteiger partial charge < -0.3 is 14.2 Å². The van der Waals surface area contributed by atoms with E-state index in [9.17, 15) is 0 Å². The van der Waals surface area contributed by atoms with Crippen molar-refractivity contribution in [2.45, 2.75) is 39.4 Å². The first-order valence-electron chi connectivity index (χ1n) is 7.96. The quantitative estimate of drug-likeness (QED) is 0.547. The fourth-order valence-electron chi connectivity index (χ4n) is 2.32. The van der Waals surface area contributed by atoms with E-state index >= 15 is 0 Å². The molecular weight excluding hydrogens is 264 g/mol. The Hall–Kier alpha value is -1.32. The largest absolute Gasteiger partial charge is 0.494 e. The van der Waals surface area contributed by atoms with Crippen molar-refractivity contribution in [2.75, 3.05) is 19.8 Å². The zero-order chi connectivity index (χ0) is 14.9. The van der Waals surface area contributed by atoms with Gasteiger partial charge in [0, 0.05) is 11.5 Å². The Morgan fingerprint density at radius 3 is 2.48 bits per heavy atom. The maximum atomic E-state index is 5.82. The topological polar surface area (TPSA) is 27.7 Å². The highest BCUT2D eigenvalue weighted by Gasteiger charge is 2.21. The molecule has 0 saturated carbocycles. The summed E-state index contributed by atoms with van der Waals surface area (Å²) in [5.41, 5.74) is 1.05. The van der Waals surface area contributed by atoms with Gasteiger partial charge in [-0.25, -0.2) is 0 Å². The Balaban J connectivity index is 1.79. The smallest absolute Gasteiger partial charge is 0.183 e. The molecule has 116 valence electrons. The molecule has 0 aromatic heterocycles. The molecule has 1 heterocycles. The van der Waals surface area contributed by atoms with Crippen molar-refractivity contribution in [3.63, 3.8) is 0 Å². The zero-order valence-electron chi connectivity index (χ0n) is 13.1. The molecule has 0 bridgehead atoms. The minimum atomic E-state index is -0.249. The minimum absolute atomic E-state index is 0.249. The summed E-state index contributed by atoms with van der Waals surface area (Å²) in [6, 6.07) is 7.94. The summed E-state index contributed by atoms with van der Waals surface area (Å²) < 4.78 is 17.1. The van der Waals surface area contributed by atoms with Crippen LogP contribution in [0.5, 0.6) is 5.75 Å². The fraction of sp³-hybridized carbons (Fsp3) is 0.556. The average molecular weight is 290 g/mol. The molecule has 1 fully saturated rings. The summed E-state index contributed by atoms with van der Waals surface area (Å²) in [5.74, 6) is 1.26. The first-order chi connectivity index (χ1) is 10.3. The first kappa shape index (κ1) is 16.1. The Morgan fingerprint density at radius 2 is 1.86 bits per heavy atom. The lowest BCUT2D eigenvalue weighted by Crippen LogP contribution is -2.25. The van der Waals surface area contributed by atoms with Gasteiger partial charge in [0.1, 0.15) is 5.75 Å². The Morgan fingerprint density at radius 1 is 1.14 bits per heavy atom. The second-order valence-electron chi connectivity index (χ2n) is 5.33. The van der Waals surface area contributed by atoms with Gasteiger partial charge in [0.25, 0.3) is 0 Å². The van der Waals surface area contributed by atoms with Gasteiger partial charge in [-0.3, -0.25) is 0 Å². The molecule has 1 saturated heterocycles. The average Bonchev–Trinajstić information content (AvgIpc) is 2.53. The van der Waals surface area contributed by atoms with Crippen LogP contribution in [0.2, 0.25) is 0 Å². The van der Waals surface area contributed by atoms with Crippen molar-refractivity contribution in [1.29, 1.82) is 0 Å². The maximum Gasteiger partial charge on any atom is 0.183 e. The van der Waals surface area contributed by atoms with Gasteiger partial charge in [-0.05, 0) is 25.5 Å². The van der Waals surface area contributed by atoms with Gasteiger partial charge in [-0.2, -0.15) is 0 Å². The van der Waals surface area contributed by atoms with Gasteiger partial charge in [0.2, 0.25) is 0 Å². The van der Waals surface area contributed by atoms with Gasteiger partial charge in [-0.1, -0.05) is 44.1 Å². The van der Waals surface area contributed by atoms with Crippen LogP contribution in [0, 0.1) is 5.92 Å². The van der Waals surface area contributed by atoms with Gasteiger partial charge in [0.15, 0.2) is 6.29 Å². The number of unbranched alkanes of at least 4 members (excludes halogenated alkanes) is 2. The molecule has 2 rings (SSSR count). The molecule has 0 spiro atoms. The van der Waals surface area contributed by atoms with Crippen LogP contribution in [-0.4, -0.2) is 19.8 Å². The number of allylic oxidation sites excluding steroid dienone is 1. The van der Waals surface area contributed by atoms with Gasteiger partial charge in [-0.15, -0.1) is 0 Å². The second-order valence-corrected chi connectivity index (χ2v) is 5.33. The molecule has 0 atom stereocenters. The highest BCUT2D eigenvalue weighted by Crippen LogP contribution is 2.27. The van der Waals surface area contributed by atoms with Crippen LogP contribution >= 0.6 is 0 Å². The molecule has 0 radical (unpaired) electrons. The van der Waals surface area contributed by atoms with E-state index in [2.05, 4.69) is 19.1 Å². The molecule has 3 heteroatoms. The van der Waals surface area contributed by atoms with Crippen LogP contribution in [0.15, 0.2) is 36.4 Å². The molecule has 1 aromatic carbocycles. The highest BCUT2D eigenvalue weighted by atomic mass is 16.7. The van der Waals surface area contributed by atoms with E-state index in [1.54, 1.807) is 0 Å². The molecule has 0 amide bonds. The number of benzene rings is 1. The predicted octanol–water partition coefficient (Wildman–Crippen LogP) is 4.49. The van der Waals surface area contributed by atoms with E-state index < -0.39 is 0 Å². The molecule has 3 nitrogen and oxygen atoms in total. The van der Waals surface area contributed by atoms with Crippen LogP contribution < -0.4 is 4.74 Å². The molecule has 0 aliphatic carbocycles. The summed E-state index contributed by atoms with van der Waals surface area (Å²) in [4.78, 5) is 0. The normalized spacial score (nSPS) is 22.6. The maximum absolute atomic E-state index is 5.82. The SMILES string of the molecule is CCCC/C=C/[C@H]1CO[C@H](c2ccc(OCC)cc2)OC1. The second kappa shape index (κ2) is 8.85. The van der Waals surface area contributed by atoms with Crippen LogP contribution in [-0.2, 0) is 9.47 Å². The number of hydrogen-bond acceptors (Lipinski definition) is 3. The first-order valence-corrected chi connectivity index (χ1v) is 7.96. The lowest BCUT2D eigenvalue weighted by atomic mass is 10.1. The standard InChI is InChI=1S/C18H26O3/c1-3-5-6-7-8-15-13-20-18(21-14-15)16-9-11-17(12-10-16)19-4-2/h7-12,15,18H,3-6,13-14H2,1-2H3/b8-7+/t15-,18-. The Kier molecular flexibility index (Phi) is 6.77. The van der Waals surface area contributed by atoms with Crippen molar-refractivity contribution < 1.29 is 14.2 Å². The summed E-state index contributed by atoms with van der Waals surface area (Å²) in [7, 11) is 0. The lowest BCUT2D eigenvalue weighted by Gasteiger charge is -2.28. The molecule has 1 aliphatic rings. The molecule has 1 aromatic rings. The van der Waals surface area contributed by atoms with E-state index in [0.717, 1.165) is 30.9 Å². The van der Waals surface area contributed by atoms with E-state index in [1.165, 1.54) is 12.8 Å². The van der Waals surface area contributed by atoms with Crippen molar-refractivity contribution in [3.8, 4) is 5.75 Å². The number of hydrogen-bond donors (Lipinski definition) is 0. The molecule has 0 N–H and O–H groups in total. The van der Waals surface area contributed by atoms with Crippen LogP contribution in [0.3, 0.4) is 0 Å². The Labute approximate surface area is 127 Å². The van der Waals surface area contributed by atoms with E-state index in [0.29, 0.717) is 12.5 Å². The van der Waals surface area contributed by atoms with Crippen molar-refractivity contribution in [2.24, 2.45) is 5.92 Å². The van der Waals surface area contributed by atoms with E-state index in [4.69, 9.17) is 14.2 Å². The summed E-state index contributed by atoms with van der Waals surface area (Å²) >= 11 is 0. The van der Waals surface area contributed by atoms with Gasteiger partial charge >= 0.3 is 0 Å². The van der Waals surface area contributed by atoms with Gasteiger partial charge in [0.05, 0.1) is 19.8 Å². The van der Waals surface area contributed by atoms with Crippen molar-refractivity contribution in [3.05, 3.63) is 42.0 Å². The minimum Gasteiger partial charge on any atom is -0.494 e. The monoisotopic (exact) mass is 290 g/mol. The van der Waals surface area contributed by atoms with Crippen molar-refractivity contribution in [1.82, 2.24) is 0 Å². The predicted molar refractivity (Wildman–Crippen MR) is 84.4 cm³/mol. The summed E-state index contributed by atoms with van der Waals surface area (Å²) in [6.45, 7) is 6.32. The summed E-state index contributed by atoms with van der Waals surface area (Å²) in [6.07, 6.45) is 7.86. The third-order valence-corrected chi connectivity index (χ3v) is 3.52. The third-order valence-electron chi connectivity index (χ3n) is 3.52. The lowest BCUT2D eigenvalue weighted by molar-refractivity contribution is -0.197. The molecular formula is C18H26O3. The number of rotatable bonds is 7. The highest BCUT2D eigenvalue weighted by molar-refractivity contribution is 5.28. The van der Waals surface area contributed by atoms with Crippen LogP contribution in [0.4, 0.5) is 0 Å². The molecule has 0 unspecified atom stereocenters. The fourth-order valence-corrected chi connectivity index (χ4v) is 2.32. The van der Waals surface area contributed by atoms with Crippen molar-refractivity contribution >= 4 is 0 Å². The van der Waals surface area contributed by atoms with Crippen LogP contribution in [0.25, 0.3) is 0 Å². The van der Waals surface area contributed by atoms with Crippen LogP contribution in [0.1, 0.15) is 45.0 Å². The zero-order valence-corrected chi connectivity index (χ0v) is 13.1. The summed E-state index contributed by atoms with van der Waals surface area (Å²) in [5, 5.41) is 0. The Bertz CT molecular complexity index is 417. The van der Waals surface area contributed by atoms with E-state index in [-0.39, 0.29) is 6.29 Å². The third kappa shape index (κ3) is 5.18. The molecule has 1 aliphatic heterocycles. The van der Waals surface area contributed by atoms with E-state index in [1.807, 2.05) is 31.2 Å². The number of ether oxygens (including phenoxy) is 3.